The molecule has 1 heterocycles. The summed E-state index contributed by atoms with van der Waals surface area (Å²) in [5.74, 6) is 1.20. The Morgan fingerprint density at radius 1 is 1.14 bits per heavy atom. The first-order valence-corrected chi connectivity index (χ1v) is 7.58. The molecule has 0 fully saturated rings. The highest BCUT2D eigenvalue weighted by Gasteiger charge is 2.16. The fourth-order valence-electron chi connectivity index (χ4n) is 2.26. The summed E-state index contributed by atoms with van der Waals surface area (Å²) in [6.07, 6.45) is 0. The molecule has 0 spiro atoms. The number of hydrogen-bond donors (Lipinski definition) is 1. The minimum Gasteiger partial charge on any atom is -0.486 e. The van der Waals surface area contributed by atoms with Crippen LogP contribution >= 0.6 is 11.8 Å². The van der Waals surface area contributed by atoms with Crippen molar-refractivity contribution in [2.24, 2.45) is 5.73 Å². The lowest BCUT2D eigenvalue weighted by Gasteiger charge is -2.19. The summed E-state index contributed by atoms with van der Waals surface area (Å²) in [6.45, 7) is 2.90. The van der Waals surface area contributed by atoms with Crippen LogP contribution < -0.4 is 15.2 Å². The smallest absolute Gasteiger partial charge is 0.162 e. The summed E-state index contributed by atoms with van der Waals surface area (Å²) in [7, 11) is 0. The number of rotatable bonds is 3. The van der Waals surface area contributed by atoms with E-state index in [0.29, 0.717) is 18.8 Å². The second-order valence-corrected chi connectivity index (χ2v) is 5.96. The van der Waals surface area contributed by atoms with Gasteiger partial charge in [0.15, 0.2) is 11.5 Å². The van der Waals surface area contributed by atoms with E-state index < -0.39 is 0 Å². The Hall–Kier alpha value is -1.72. The Morgan fingerprint density at radius 3 is 2.67 bits per heavy atom. The van der Waals surface area contributed by atoms with E-state index in [9.17, 15) is 4.39 Å². The van der Waals surface area contributed by atoms with E-state index in [-0.39, 0.29) is 11.9 Å². The van der Waals surface area contributed by atoms with Crippen LogP contribution in [0, 0.1) is 5.82 Å². The van der Waals surface area contributed by atoms with Crippen LogP contribution in [-0.4, -0.2) is 13.2 Å². The highest BCUT2D eigenvalue weighted by Crippen LogP contribution is 2.39. The minimum absolute atomic E-state index is 0.271. The number of halogens is 1. The van der Waals surface area contributed by atoms with Crippen molar-refractivity contribution in [1.29, 1.82) is 0 Å². The highest BCUT2D eigenvalue weighted by molar-refractivity contribution is 7.99. The zero-order chi connectivity index (χ0) is 14.8. The summed E-state index contributed by atoms with van der Waals surface area (Å²) in [5, 5.41) is 0. The average molecular weight is 305 g/mol. The maximum Gasteiger partial charge on any atom is 0.162 e. The molecule has 1 aliphatic rings. The van der Waals surface area contributed by atoms with Gasteiger partial charge in [-0.1, -0.05) is 17.8 Å². The molecule has 3 nitrogen and oxygen atoms in total. The van der Waals surface area contributed by atoms with E-state index in [1.54, 1.807) is 13.0 Å². The Labute approximate surface area is 127 Å². The standard InChI is InChI=1S/C16H16FNO2S/c1-10(18)16-12(17)3-2-4-15(16)21-11-5-6-13-14(9-11)20-8-7-19-13/h2-6,9-10H,7-8,18H2,1H3/t10-/m1/s1. The minimum atomic E-state index is -0.356. The summed E-state index contributed by atoms with van der Waals surface area (Å²) in [4.78, 5) is 1.79. The van der Waals surface area contributed by atoms with Crippen LogP contribution in [0.4, 0.5) is 4.39 Å². The second kappa shape index (κ2) is 5.95. The second-order valence-electron chi connectivity index (χ2n) is 4.85. The Balaban J connectivity index is 1.92. The van der Waals surface area contributed by atoms with Gasteiger partial charge in [0.05, 0.1) is 0 Å². The molecule has 5 heteroatoms. The van der Waals surface area contributed by atoms with E-state index in [0.717, 1.165) is 21.3 Å². The Kier molecular flexibility index (Phi) is 4.03. The fourth-order valence-corrected chi connectivity index (χ4v) is 3.36. The summed E-state index contributed by atoms with van der Waals surface area (Å²) in [6, 6.07) is 10.4. The van der Waals surface area contributed by atoms with Crippen molar-refractivity contribution in [1.82, 2.24) is 0 Å². The van der Waals surface area contributed by atoms with Crippen molar-refractivity contribution >= 4 is 11.8 Å². The van der Waals surface area contributed by atoms with Gasteiger partial charge in [-0.05, 0) is 37.3 Å². The molecule has 0 aromatic heterocycles. The maximum absolute atomic E-state index is 13.9. The van der Waals surface area contributed by atoms with Crippen LogP contribution in [0.3, 0.4) is 0 Å². The van der Waals surface area contributed by atoms with Crippen LogP contribution in [0.2, 0.25) is 0 Å². The predicted octanol–water partition coefficient (Wildman–Crippen LogP) is 3.77. The largest absolute Gasteiger partial charge is 0.486 e. The molecule has 110 valence electrons. The molecule has 0 saturated heterocycles. The zero-order valence-corrected chi connectivity index (χ0v) is 12.5. The zero-order valence-electron chi connectivity index (χ0n) is 11.6. The molecule has 1 aliphatic heterocycles. The molecule has 0 amide bonds. The quantitative estimate of drug-likeness (QED) is 0.937. The van der Waals surface area contributed by atoms with Crippen molar-refractivity contribution < 1.29 is 13.9 Å². The van der Waals surface area contributed by atoms with Gasteiger partial charge in [-0.15, -0.1) is 0 Å². The van der Waals surface area contributed by atoms with Gasteiger partial charge in [0.2, 0.25) is 0 Å². The van der Waals surface area contributed by atoms with Gasteiger partial charge in [-0.2, -0.15) is 0 Å². The highest BCUT2D eigenvalue weighted by atomic mass is 32.2. The SMILES string of the molecule is C[C@@H](N)c1c(F)cccc1Sc1ccc2c(c1)OCCO2. The van der Waals surface area contributed by atoms with Crippen molar-refractivity contribution in [2.75, 3.05) is 13.2 Å². The van der Waals surface area contributed by atoms with Gasteiger partial charge < -0.3 is 15.2 Å². The average Bonchev–Trinajstić information content (AvgIpc) is 2.47. The van der Waals surface area contributed by atoms with Gasteiger partial charge in [0.25, 0.3) is 0 Å². The Bertz CT molecular complexity index is 661. The molecule has 21 heavy (non-hydrogen) atoms. The van der Waals surface area contributed by atoms with Crippen LogP contribution in [0.25, 0.3) is 0 Å². The number of nitrogens with two attached hydrogens (primary N) is 1. The molecule has 0 saturated carbocycles. The molecule has 2 aromatic carbocycles. The van der Waals surface area contributed by atoms with Gasteiger partial charge >= 0.3 is 0 Å². The molecule has 0 unspecified atom stereocenters. The summed E-state index contributed by atoms with van der Waals surface area (Å²) in [5.41, 5.74) is 6.42. The third-order valence-electron chi connectivity index (χ3n) is 3.21. The lowest BCUT2D eigenvalue weighted by atomic mass is 10.1. The number of hydrogen-bond acceptors (Lipinski definition) is 4. The van der Waals surface area contributed by atoms with Crippen LogP contribution in [-0.2, 0) is 0 Å². The van der Waals surface area contributed by atoms with Gasteiger partial charge in [-0.25, -0.2) is 4.39 Å². The molecule has 1 atom stereocenters. The fraction of sp³-hybridized carbons (Fsp3) is 0.250. The summed E-state index contributed by atoms with van der Waals surface area (Å²) < 4.78 is 25.0. The van der Waals surface area contributed by atoms with Crippen molar-refractivity contribution in [2.45, 2.75) is 22.8 Å². The summed E-state index contributed by atoms with van der Waals surface area (Å²) >= 11 is 1.47. The van der Waals surface area contributed by atoms with Crippen molar-refractivity contribution in [3.8, 4) is 11.5 Å². The normalized spacial score (nSPS) is 14.8. The molecular weight excluding hydrogens is 289 g/mol. The maximum atomic E-state index is 13.9. The monoisotopic (exact) mass is 305 g/mol. The molecule has 0 bridgehead atoms. The van der Waals surface area contributed by atoms with Gasteiger partial charge in [0, 0.05) is 21.4 Å². The molecule has 3 rings (SSSR count). The van der Waals surface area contributed by atoms with Gasteiger partial charge in [0.1, 0.15) is 19.0 Å². The molecule has 2 aromatic rings. The van der Waals surface area contributed by atoms with E-state index in [1.807, 2.05) is 24.3 Å². The van der Waals surface area contributed by atoms with Gasteiger partial charge in [-0.3, -0.25) is 0 Å². The first-order valence-electron chi connectivity index (χ1n) is 6.76. The van der Waals surface area contributed by atoms with Crippen molar-refractivity contribution in [3.05, 3.63) is 47.8 Å². The van der Waals surface area contributed by atoms with Crippen LogP contribution in [0.1, 0.15) is 18.5 Å². The molecular formula is C16H16FNO2S. The van der Waals surface area contributed by atoms with Crippen LogP contribution in [0.5, 0.6) is 11.5 Å². The molecule has 0 radical (unpaired) electrons. The number of benzene rings is 2. The number of ether oxygens (including phenoxy) is 2. The third-order valence-corrected chi connectivity index (χ3v) is 4.28. The first-order chi connectivity index (χ1) is 10.1. The van der Waals surface area contributed by atoms with E-state index in [1.165, 1.54) is 17.8 Å². The van der Waals surface area contributed by atoms with E-state index in [4.69, 9.17) is 15.2 Å². The molecule has 2 N–H and O–H groups in total. The number of fused-ring (bicyclic) bond motifs is 1. The Morgan fingerprint density at radius 2 is 1.90 bits per heavy atom. The first kappa shape index (κ1) is 14.2. The van der Waals surface area contributed by atoms with E-state index in [2.05, 4.69) is 0 Å². The van der Waals surface area contributed by atoms with Crippen molar-refractivity contribution in [3.63, 3.8) is 0 Å². The lowest BCUT2D eigenvalue weighted by molar-refractivity contribution is 0.171. The third kappa shape index (κ3) is 2.99. The predicted molar refractivity (Wildman–Crippen MR) is 80.6 cm³/mol. The molecule has 0 aliphatic carbocycles. The van der Waals surface area contributed by atoms with Crippen LogP contribution in [0.15, 0.2) is 46.2 Å². The lowest BCUT2D eigenvalue weighted by Crippen LogP contribution is -2.15. The van der Waals surface area contributed by atoms with E-state index >= 15 is 0 Å². The topological polar surface area (TPSA) is 44.5 Å².